The molecule has 1 N–H and O–H groups in total. The van der Waals surface area contributed by atoms with Gasteiger partial charge < -0.3 is 5.32 Å². The summed E-state index contributed by atoms with van der Waals surface area (Å²) in [6.07, 6.45) is 0.959. The Balaban J connectivity index is 2.12. The number of carbonyl (C=O) groups excluding carboxylic acids is 1. The summed E-state index contributed by atoms with van der Waals surface area (Å²) < 4.78 is 38.4. The number of nitrogens with zero attached hydrogens (tertiary/aromatic N) is 1. The van der Waals surface area contributed by atoms with Gasteiger partial charge in [0.25, 0.3) is 0 Å². The summed E-state index contributed by atoms with van der Waals surface area (Å²) in [6, 6.07) is 9.27. The first kappa shape index (κ1) is 20.2. The largest absolute Gasteiger partial charge is 0.326 e. The fraction of sp³-hybridized carbons (Fsp3) is 0.278. The molecule has 0 aromatic heterocycles. The molecule has 0 radical (unpaired) electrons. The maximum absolute atomic E-state index is 13.3. The smallest absolute Gasteiger partial charge is 0.232 e. The Kier molecular flexibility index (Phi) is 6.26. The van der Waals surface area contributed by atoms with Crippen LogP contribution >= 0.6 is 11.6 Å². The summed E-state index contributed by atoms with van der Waals surface area (Å²) in [5, 5.41) is 2.57. The van der Waals surface area contributed by atoms with Crippen LogP contribution in [0, 0.1) is 19.7 Å². The molecular formula is C18H20ClFN2O3S. The van der Waals surface area contributed by atoms with Gasteiger partial charge in [-0.25, -0.2) is 12.8 Å². The van der Waals surface area contributed by atoms with Gasteiger partial charge in [-0.3, -0.25) is 9.10 Å². The first-order chi connectivity index (χ1) is 12.1. The van der Waals surface area contributed by atoms with Crippen LogP contribution in [0.25, 0.3) is 0 Å². The number of aryl methyl sites for hydroxylation is 2. The van der Waals surface area contributed by atoms with Gasteiger partial charge in [0.2, 0.25) is 15.9 Å². The number of carbonyl (C=O) groups is 1. The minimum Gasteiger partial charge on any atom is -0.326 e. The molecule has 0 saturated heterocycles. The fourth-order valence-corrected chi connectivity index (χ4v) is 3.69. The van der Waals surface area contributed by atoms with Crippen molar-refractivity contribution in [2.24, 2.45) is 0 Å². The SMILES string of the molecule is Cc1cc(C)cc(NC(=O)CCN(c2ccc(F)c(Cl)c2)S(C)(=O)=O)c1. The van der Waals surface area contributed by atoms with Crippen molar-refractivity contribution in [3.05, 3.63) is 58.4 Å². The molecule has 2 aromatic carbocycles. The number of halogens is 2. The Hall–Kier alpha value is -2.12. The maximum Gasteiger partial charge on any atom is 0.232 e. The van der Waals surface area contributed by atoms with Gasteiger partial charge in [0, 0.05) is 18.7 Å². The number of nitrogens with one attached hydrogen (secondary N) is 1. The third kappa shape index (κ3) is 5.44. The van der Waals surface area contributed by atoms with E-state index in [0.717, 1.165) is 27.8 Å². The molecule has 8 heteroatoms. The number of anilines is 2. The third-order valence-corrected chi connectivity index (χ3v) is 5.12. The molecule has 0 aliphatic heterocycles. The number of amides is 1. The van der Waals surface area contributed by atoms with Gasteiger partial charge in [-0.1, -0.05) is 17.7 Å². The lowest BCUT2D eigenvalue weighted by Gasteiger charge is -2.22. The number of hydrogen-bond donors (Lipinski definition) is 1. The van der Waals surface area contributed by atoms with E-state index in [2.05, 4.69) is 5.32 Å². The lowest BCUT2D eigenvalue weighted by atomic mass is 10.1. The number of rotatable bonds is 6. The Morgan fingerprint density at radius 1 is 1.15 bits per heavy atom. The monoisotopic (exact) mass is 398 g/mol. The zero-order valence-electron chi connectivity index (χ0n) is 14.7. The first-order valence-corrected chi connectivity index (χ1v) is 10.1. The van der Waals surface area contributed by atoms with Crippen molar-refractivity contribution in [3.63, 3.8) is 0 Å². The van der Waals surface area contributed by atoms with E-state index in [4.69, 9.17) is 11.6 Å². The van der Waals surface area contributed by atoms with Crippen LogP contribution in [0.15, 0.2) is 36.4 Å². The van der Waals surface area contributed by atoms with E-state index in [-0.39, 0.29) is 29.6 Å². The molecule has 140 valence electrons. The predicted molar refractivity (Wildman–Crippen MR) is 103 cm³/mol. The van der Waals surface area contributed by atoms with Crippen LogP contribution < -0.4 is 9.62 Å². The zero-order chi connectivity index (χ0) is 19.5. The summed E-state index contributed by atoms with van der Waals surface area (Å²) in [6.45, 7) is 3.76. The van der Waals surface area contributed by atoms with Gasteiger partial charge >= 0.3 is 0 Å². The Morgan fingerprint density at radius 3 is 2.31 bits per heavy atom. The highest BCUT2D eigenvalue weighted by Gasteiger charge is 2.19. The van der Waals surface area contributed by atoms with Crippen LogP contribution in [0.2, 0.25) is 5.02 Å². The van der Waals surface area contributed by atoms with E-state index >= 15 is 0 Å². The third-order valence-electron chi connectivity index (χ3n) is 3.64. The van der Waals surface area contributed by atoms with Crippen LogP contribution in [0.5, 0.6) is 0 Å². The van der Waals surface area contributed by atoms with E-state index in [1.807, 2.05) is 32.0 Å². The van der Waals surface area contributed by atoms with Gasteiger partial charge in [-0.2, -0.15) is 0 Å². The van der Waals surface area contributed by atoms with E-state index in [1.54, 1.807) is 0 Å². The summed E-state index contributed by atoms with van der Waals surface area (Å²) >= 11 is 5.73. The standard InChI is InChI=1S/C18H20ClFN2O3S/c1-12-8-13(2)10-14(9-12)21-18(23)6-7-22(26(3,24)25)15-4-5-17(20)16(19)11-15/h4-5,8-11H,6-7H2,1-3H3,(H,21,23). The second kappa shape index (κ2) is 8.05. The highest BCUT2D eigenvalue weighted by Crippen LogP contribution is 2.24. The molecule has 0 aliphatic rings. The van der Waals surface area contributed by atoms with Gasteiger partial charge in [0.15, 0.2) is 0 Å². The molecule has 0 saturated carbocycles. The average molecular weight is 399 g/mol. The molecule has 0 bridgehead atoms. The first-order valence-electron chi connectivity index (χ1n) is 7.87. The summed E-state index contributed by atoms with van der Waals surface area (Å²) in [7, 11) is -3.66. The summed E-state index contributed by atoms with van der Waals surface area (Å²) in [4.78, 5) is 12.2. The van der Waals surface area contributed by atoms with Gasteiger partial charge in [0.05, 0.1) is 17.0 Å². The van der Waals surface area contributed by atoms with Crippen LogP contribution in [0.4, 0.5) is 15.8 Å². The van der Waals surface area contributed by atoms with Crippen LogP contribution in [0.1, 0.15) is 17.5 Å². The molecule has 1 amide bonds. The molecule has 2 aromatic rings. The van der Waals surface area contributed by atoms with Crippen molar-refractivity contribution in [2.45, 2.75) is 20.3 Å². The molecule has 0 atom stereocenters. The second-order valence-corrected chi connectivity index (χ2v) is 8.42. The summed E-state index contributed by atoms with van der Waals surface area (Å²) in [5.41, 5.74) is 2.89. The zero-order valence-corrected chi connectivity index (χ0v) is 16.3. The van der Waals surface area contributed by atoms with E-state index < -0.39 is 15.8 Å². The van der Waals surface area contributed by atoms with Gasteiger partial charge in [0.1, 0.15) is 5.82 Å². The van der Waals surface area contributed by atoms with Crippen LogP contribution in [-0.2, 0) is 14.8 Å². The molecule has 2 rings (SSSR count). The van der Waals surface area contributed by atoms with Crippen molar-refractivity contribution in [1.29, 1.82) is 0 Å². The van der Waals surface area contributed by atoms with E-state index in [0.29, 0.717) is 5.69 Å². The highest BCUT2D eigenvalue weighted by atomic mass is 35.5. The molecule has 0 unspecified atom stereocenters. The number of hydrogen-bond acceptors (Lipinski definition) is 3. The minimum absolute atomic E-state index is 0.0605. The van der Waals surface area contributed by atoms with Crippen LogP contribution in [0.3, 0.4) is 0 Å². The molecule has 0 aliphatic carbocycles. The molecule has 5 nitrogen and oxygen atoms in total. The second-order valence-electron chi connectivity index (χ2n) is 6.11. The van der Waals surface area contributed by atoms with Crippen molar-refractivity contribution in [3.8, 4) is 0 Å². The average Bonchev–Trinajstić information content (AvgIpc) is 2.48. The van der Waals surface area contributed by atoms with Crippen molar-refractivity contribution in [1.82, 2.24) is 0 Å². The molecular weight excluding hydrogens is 379 g/mol. The van der Waals surface area contributed by atoms with Gasteiger partial charge in [-0.05, 0) is 55.3 Å². The highest BCUT2D eigenvalue weighted by molar-refractivity contribution is 7.92. The summed E-state index contributed by atoms with van der Waals surface area (Å²) in [5.74, 6) is -0.965. The number of sulfonamides is 1. The quantitative estimate of drug-likeness (QED) is 0.802. The molecule has 26 heavy (non-hydrogen) atoms. The van der Waals surface area contributed by atoms with E-state index in [9.17, 15) is 17.6 Å². The fourth-order valence-electron chi connectivity index (χ4n) is 2.60. The number of benzene rings is 2. The lowest BCUT2D eigenvalue weighted by molar-refractivity contribution is -0.116. The van der Waals surface area contributed by atoms with E-state index in [1.165, 1.54) is 12.1 Å². The molecule has 0 spiro atoms. The van der Waals surface area contributed by atoms with Crippen LogP contribution in [-0.4, -0.2) is 27.1 Å². The Labute approximate surface area is 157 Å². The van der Waals surface area contributed by atoms with Crippen molar-refractivity contribution < 1.29 is 17.6 Å². The minimum atomic E-state index is -3.66. The lowest BCUT2D eigenvalue weighted by Crippen LogP contribution is -2.33. The van der Waals surface area contributed by atoms with Gasteiger partial charge in [-0.15, -0.1) is 0 Å². The topological polar surface area (TPSA) is 66.5 Å². The Bertz CT molecular complexity index is 912. The normalized spacial score (nSPS) is 11.3. The van der Waals surface area contributed by atoms with Crippen molar-refractivity contribution in [2.75, 3.05) is 22.4 Å². The maximum atomic E-state index is 13.3. The molecule has 0 heterocycles. The molecule has 0 fully saturated rings. The predicted octanol–water partition coefficient (Wildman–Crippen LogP) is 3.89. The Morgan fingerprint density at radius 2 is 1.77 bits per heavy atom. The van der Waals surface area contributed by atoms with Crippen molar-refractivity contribution >= 4 is 38.9 Å².